The Kier molecular flexibility index (Phi) is 8.68. The molecule has 1 fully saturated rings. The summed E-state index contributed by atoms with van der Waals surface area (Å²) < 4.78 is 20.2. The predicted octanol–water partition coefficient (Wildman–Crippen LogP) is 4.70. The van der Waals surface area contributed by atoms with Gasteiger partial charge in [-0.3, -0.25) is 0 Å². The highest BCUT2D eigenvalue weighted by Crippen LogP contribution is 2.29. The molecule has 9 heteroatoms. The topological polar surface area (TPSA) is 96.1 Å². The molecule has 0 atom stereocenters. The van der Waals surface area contributed by atoms with Gasteiger partial charge in [-0.05, 0) is 54.3 Å². The molecule has 1 saturated heterocycles. The molecule has 3 rings (SSSR count). The summed E-state index contributed by atoms with van der Waals surface area (Å²) in [4.78, 5) is 25.4. The van der Waals surface area contributed by atoms with Crippen molar-refractivity contribution in [1.29, 1.82) is 0 Å². The fourth-order valence-corrected chi connectivity index (χ4v) is 3.88. The van der Waals surface area contributed by atoms with Crippen LogP contribution in [0.3, 0.4) is 0 Å². The Morgan fingerprint density at radius 1 is 1.28 bits per heavy atom. The van der Waals surface area contributed by atoms with Crippen LogP contribution in [-0.2, 0) is 5.41 Å². The number of halogens is 1. The predicted molar refractivity (Wildman–Crippen MR) is 143 cm³/mol. The summed E-state index contributed by atoms with van der Waals surface area (Å²) in [6.45, 7) is 13.7. The molecule has 0 unspecified atom stereocenters. The molecule has 1 aromatic carbocycles. The average molecular weight is 495 g/mol. The molecule has 1 aliphatic rings. The second-order valence-corrected chi connectivity index (χ2v) is 9.56. The number of pyridine rings is 1. The number of allylic oxidation sites excluding steroid dienone is 1. The first-order valence-electron chi connectivity index (χ1n) is 11.9. The van der Waals surface area contributed by atoms with Crippen molar-refractivity contribution in [3.63, 3.8) is 0 Å². The minimum Gasteiger partial charge on any atom is -0.483 e. The minimum absolute atomic E-state index is 0.211. The van der Waals surface area contributed by atoms with E-state index in [2.05, 4.69) is 26.8 Å². The summed E-state index contributed by atoms with van der Waals surface area (Å²) in [6, 6.07) is 8.13. The lowest BCUT2D eigenvalue weighted by Crippen LogP contribution is -2.50. The highest BCUT2D eigenvalue weighted by molar-refractivity contribution is 5.96. The van der Waals surface area contributed by atoms with Crippen molar-refractivity contribution in [2.45, 2.75) is 33.1 Å². The fourth-order valence-electron chi connectivity index (χ4n) is 3.88. The lowest BCUT2D eigenvalue weighted by Gasteiger charge is -2.36. The summed E-state index contributed by atoms with van der Waals surface area (Å²) in [7, 11) is 0. The summed E-state index contributed by atoms with van der Waals surface area (Å²) in [5.41, 5.74) is 7.04. The largest absolute Gasteiger partial charge is 0.483 e. The normalized spacial score (nSPS) is 14.8. The molecule has 0 saturated carbocycles. The van der Waals surface area contributed by atoms with E-state index in [9.17, 15) is 9.18 Å². The van der Waals surface area contributed by atoms with Crippen molar-refractivity contribution in [3.8, 4) is 5.75 Å². The Hall–Kier alpha value is -3.88. The number of benzene rings is 1. The maximum absolute atomic E-state index is 14.2. The van der Waals surface area contributed by atoms with Gasteiger partial charge < -0.3 is 25.6 Å². The summed E-state index contributed by atoms with van der Waals surface area (Å²) >= 11 is 0. The van der Waals surface area contributed by atoms with E-state index in [-0.39, 0.29) is 29.7 Å². The molecule has 8 nitrogen and oxygen atoms in total. The van der Waals surface area contributed by atoms with Gasteiger partial charge in [-0.15, -0.1) is 0 Å². The van der Waals surface area contributed by atoms with Gasteiger partial charge in [-0.1, -0.05) is 33.4 Å². The number of nitrogens with one attached hydrogen (secondary N) is 1. The highest BCUT2D eigenvalue weighted by Gasteiger charge is 2.25. The monoisotopic (exact) mass is 494 g/mol. The maximum Gasteiger partial charge on any atom is 0.321 e. The molecule has 1 aliphatic heterocycles. The molecule has 0 aliphatic carbocycles. The van der Waals surface area contributed by atoms with Crippen LogP contribution in [0.15, 0.2) is 66.1 Å². The number of urea groups is 1. The Morgan fingerprint density at radius 3 is 2.64 bits per heavy atom. The average Bonchev–Trinajstić information content (AvgIpc) is 2.83. The number of piperazine rings is 1. The van der Waals surface area contributed by atoms with Gasteiger partial charge in [0.05, 0.1) is 5.71 Å². The van der Waals surface area contributed by atoms with Crippen LogP contribution < -0.4 is 20.7 Å². The van der Waals surface area contributed by atoms with Gasteiger partial charge in [-0.25, -0.2) is 19.2 Å². The fraction of sp³-hybridized carbons (Fsp3) is 0.370. The number of aliphatic imine (C=N–C) groups is 1. The number of carbonyl (C=O) groups excluding carboxylic acids is 1. The number of carbonyl (C=O) groups is 1. The molecule has 2 amide bonds. The Labute approximate surface area is 212 Å². The molecule has 0 spiro atoms. The maximum atomic E-state index is 14.2. The second kappa shape index (κ2) is 11.7. The van der Waals surface area contributed by atoms with Gasteiger partial charge in [0.15, 0.2) is 11.6 Å². The summed E-state index contributed by atoms with van der Waals surface area (Å²) in [6.07, 6.45) is 5.39. The van der Waals surface area contributed by atoms with Crippen LogP contribution in [0.2, 0.25) is 0 Å². The molecular weight excluding hydrogens is 459 g/mol. The summed E-state index contributed by atoms with van der Waals surface area (Å²) in [5, 5.41) is 2.90. The van der Waals surface area contributed by atoms with Crippen molar-refractivity contribution < 1.29 is 13.9 Å². The quantitative estimate of drug-likeness (QED) is 0.544. The number of amides is 2. The van der Waals surface area contributed by atoms with Gasteiger partial charge in [0, 0.05) is 38.1 Å². The standard InChI is InChI=1S/C27H35FN6O2/c1-6-8-21(31-19(2)29)18-36-24-9-7-12-30-25(24)33-13-15-34(16-14-33)26(35)32-20-10-11-23(28)22(17-20)27(3,4)5/h6-12,17H,2,13-16,18,29H2,1,3-5H3,(H,32,35)/b8-6-,31-21+. The van der Waals surface area contributed by atoms with Crippen molar-refractivity contribution in [3.05, 3.63) is 72.5 Å². The third-order valence-electron chi connectivity index (χ3n) is 5.66. The van der Waals surface area contributed by atoms with Gasteiger partial charge in [0.1, 0.15) is 18.2 Å². The van der Waals surface area contributed by atoms with Crippen molar-refractivity contribution in [2.75, 3.05) is 43.0 Å². The molecule has 192 valence electrons. The molecule has 2 heterocycles. The van der Waals surface area contributed by atoms with E-state index in [1.807, 2.05) is 52.0 Å². The van der Waals surface area contributed by atoms with E-state index >= 15 is 0 Å². The Bertz CT molecular complexity index is 1150. The van der Waals surface area contributed by atoms with Crippen molar-refractivity contribution >= 4 is 23.2 Å². The van der Waals surface area contributed by atoms with Crippen LogP contribution in [-0.4, -0.2) is 54.4 Å². The van der Waals surface area contributed by atoms with E-state index < -0.39 is 0 Å². The first kappa shape index (κ1) is 26.7. The number of anilines is 2. The van der Waals surface area contributed by atoms with E-state index in [0.29, 0.717) is 54.7 Å². The van der Waals surface area contributed by atoms with E-state index in [1.165, 1.54) is 6.07 Å². The van der Waals surface area contributed by atoms with Crippen LogP contribution >= 0.6 is 0 Å². The van der Waals surface area contributed by atoms with Crippen LogP contribution in [0.1, 0.15) is 33.3 Å². The van der Waals surface area contributed by atoms with Gasteiger partial charge in [0.2, 0.25) is 0 Å². The number of nitrogens with zero attached hydrogens (tertiary/aromatic N) is 4. The summed E-state index contributed by atoms with van der Waals surface area (Å²) in [5.74, 6) is 1.26. The number of aromatic nitrogens is 1. The zero-order valence-electron chi connectivity index (χ0n) is 21.4. The van der Waals surface area contributed by atoms with Crippen LogP contribution in [0, 0.1) is 5.82 Å². The molecule has 36 heavy (non-hydrogen) atoms. The number of rotatable bonds is 7. The van der Waals surface area contributed by atoms with Crippen LogP contribution in [0.5, 0.6) is 5.75 Å². The number of ether oxygens (including phenoxy) is 1. The third-order valence-corrected chi connectivity index (χ3v) is 5.66. The van der Waals surface area contributed by atoms with Gasteiger partial charge >= 0.3 is 6.03 Å². The zero-order valence-corrected chi connectivity index (χ0v) is 21.4. The number of hydrogen-bond acceptors (Lipinski definition) is 6. The SMILES string of the molecule is C=C(N)/N=C(\C=C/C)COc1cccnc1N1CCN(C(=O)Nc2ccc(F)c(C(C)(C)C)c2)CC1. The highest BCUT2D eigenvalue weighted by atomic mass is 19.1. The molecule has 1 aromatic heterocycles. The molecule has 2 aromatic rings. The lowest BCUT2D eigenvalue weighted by atomic mass is 9.86. The third kappa shape index (κ3) is 7.07. The number of hydrogen-bond donors (Lipinski definition) is 2. The second-order valence-electron chi connectivity index (χ2n) is 9.56. The first-order valence-corrected chi connectivity index (χ1v) is 11.9. The smallest absolute Gasteiger partial charge is 0.321 e. The van der Waals surface area contributed by atoms with E-state index in [1.54, 1.807) is 23.2 Å². The Morgan fingerprint density at radius 2 is 2.00 bits per heavy atom. The molecule has 0 bridgehead atoms. The lowest BCUT2D eigenvalue weighted by molar-refractivity contribution is 0.208. The Balaban J connectivity index is 1.62. The first-order chi connectivity index (χ1) is 17.1. The van der Waals surface area contributed by atoms with Gasteiger partial charge in [-0.2, -0.15) is 0 Å². The van der Waals surface area contributed by atoms with Crippen LogP contribution in [0.4, 0.5) is 20.7 Å². The molecular formula is C27H35FN6O2. The number of nitrogens with two attached hydrogens (primary N) is 1. The van der Waals surface area contributed by atoms with Gasteiger partial charge in [0.25, 0.3) is 0 Å². The van der Waals surface area contributed by atoms with Crippen LogP contribution in [0.25, 0.3) is 0 Å². The van der Waals surface area contributed by atoms with E-state index in [0.717, 1.165) is 0 Å². The van der Waals surface area contributed by atoms with Crippen molar-refractivity contribution in [1.82, 2.24) is 9.88 Å². The molecule has 3 N–H and O–H groups in total. The minimum atomic E-state index is -0.364. The van der Waals surface area contributed by atoms with E-state index in [4.69, 9.17) is 10.5 Å². The zero-order chi connectivity index (χ0) is 26.3. The van der Waals surface area contributed by atoms with Crippen molar-refractivity contribution in [2.24, 2.45) is 10.7 Å². The molecule has 0 radical (unpaired) electrons.